The Morgan fingerprint density at radius 1 is 1.26 bits per heavy atom. The smallest absolute Gasteiger partial charge is 0.325 e. The number of carbonyl (C=O) groups is 3. The first-order chi connectivity index (χ1) is 13.1. The molecule has 1 aromatic heterocycles. The van der Waals surface area contributed by atoms with Crippen molar-refractivity contribution in [1.82, 2.24) is 25.5 Å². The van der Waals surface area contributed by atoms with Crippen LogP contribution in [0.1, 0.15) is 30.1 Å². The van der Waals surface area contributed by atoms with Gasteiger partial charge in [0.2, 0.25) is 5.91 Å². The highest BCUT2D eigenvalue weighted by Crippen LogP contribution is 2.29. The molecule has 4 rings (SSSR count). The van der Waals surface area contributed by atoms with Crippen LogP contribution in [0.15, 0.2) is 36.5 Å². The number of benzene rings is 1. The molecule has 4 amide bonds. The van der Waals surface area contributed by atoms with Crippen LogP contribution in [-0.2, 0) is 16.0 Å². The van der Waals surface area contributed by atoms with Crippen LogP contribution >= 0.6 is 0 Å². The molecule has 27 heavy (non-hydrogen) atoms. The molecular weight excluding hydrogens is 346 g/mol. The minimum atomic E-state index is -0.532. The van der Waals surface area contributed by atoms with E-state index in [9.17, 15) is 14.4 Å². The Morgan fingerprint density at radius 2 is 2.07 bits per heavy atom. The van der Waals surface area contributed by atoms with E-state index in [2.05, 4.69) is 20.6 Å². The lowest BCUT2D eigenvalue weighted by Gasteiger charge is -2.26. The molecule has 1 fully saturated rings. The van der Waals surface area contributed by atoms with Crippen LogP contribution in [0.4, 0.5) is 4.79 Å². The zero-order chi connectivity index (χ0) is 18.8. The summed E-state index contributed by atoms with van der Waals surface area (Å²) in [6.45, 7) is -0.339. The number of hydrogen-bond acceptors (Lipinski definition) is 5. The summed E-state index contributed by atoms with van der Waals surface area (Å²) < 4.78 is 0. The van der Waals surface area contributed by atoms with Gasteiger partial charge in [0.1, 0.15) is 6.54 Å². The Balaban J connectivity index is 1.49. The third kappa shape index (κ3) is 3.51. The number of hydrogen-bond donors (Lipinski definition) is 2. The lowest BCUT2D eigenvalue weighted by atomic mass is 9.92. The number of carbonyl (C=O) groups excluding carboxylic acids is 3. The van der Waals surface area contributed by atoms with Crippen molar-refractivity contribution in [3.63, 3.8) is 0 Å². The molecule has 0 bridgehead atoms. The van der Waals surface area contributed by atoms with Gasteiger partial charge < -0.3 is 10.6 Å². The number of nitrogens with zero attached hydrogens (tertiary/aromatic N) is 3. The Bertz CT molecular complexity index is 883. The van der Waals surface area contributed by atoms with Crippen LogP contribution in [0.3, 0.4) is 0 Å². The van der Waals surface area contributed by atoms with Crippen molar-refractivity contribution in [3.8, 4) is 11.4 Å². The quantitative estimate of drug-likeness (QED) is 0.792. The van der Waals surface area contributed by atoms with Gasteiger partial charge in [-0.15, -0.1) is 0 Å². The summed E-state index contributed by atoms with van der Waals surface area (Å²) >= 11 is 0. The first-order valence-electron chi connectivity index (χ1n) is 8.90. The lowest BCUT2D eigenvalue weighted by Crippen LogP contribution is -2.42. The Morgan fingerprint density at radius 3 is 2.81 bits per heavy atom. The fraction of sp³-hybridized carbons (Fsp3) is 0.316. The van der Waals surface area contributed by atoms with Crippen molar-refractivity contribution in [1.29, 1.82) is 0 Å². The van der Waals surface area contributed by atoms with Crippen molar-refractivity contribution in [3.05, 3.63) is 47.8 Å². The van der Waals surface area contributed by atoms with Crippen LogP contribution in [0.2, 0.25) is 0 Å². The van der Waals surface area contributed by atoms with Crippen LogP contribution in [-0.4, -0.2) is 45.8 Å². The molecular formula is C19H19N5O3. The van der Waals surface area contributed by atoms with Crippen LogP contribution in [0, 0.1) is 0 Å². The van der Waals surface area contributed by atoms with Gasteiger partial charge in [0.25, 0.3) is 5.91 Å². The molecule has 1 aromatic carbocycles. The molecule has 138 valence electrons. The fourth-order valence-electron chi connectivity index (χ4n) is 3.42. The van der Waals surface area contributed by atoms with Gasteiger partial charge >= 0.3 is 6.03 Å². The van der Waals surface area contributed by atoms with Gasteiger partial charge in [-0.25, -0.2) is 14.8 Å². The first kappa shape index (κ1) is 17.1. The summed E-state index contributed by atoms with van der Waals surface area (Å²) in [5.41, 5.74) is 2.77. The summed E-state index contributed by atoms with van der Waals surface area (Å²) in [5.74, 6) is -0.0962. The standard InChI is InChI=1S/C19H19N5O3/c25-16(11-24-17(26)10-21-19(24)27)22-14-7-4-8-15-13(14)9-20-18(23-15)12-5-2-1-3-6-12/h1-3,5-6,9,14H,4,7-8,10-11H2,(H,21,27)(H,22,25)/t14-/m1/s1. The van der Waals surface area contributed by atoms with Crippen LogP contribution in [0.5, 0.6) is 0 Å². The zero-order valence-electron chi connectivity index (χ0n) is 14.6. The molecule has 8 nitrogen and oxygen atoms in total. The van der Waals surface area contributed by atoms with Crippen LogP contribution < -0.4 is 10.6 Å². The van der Waals surface area contributed by atoms with Crippen molar-refractivity contribution in [2.24, 2.45) is 0 Å². The monoisotopic (exact) mass is 365 g/mol. The maximum Gasteiger partial charge on any atom is 0.325 e. The van der Waals surface area contributed by atoms with E-state index in [0.717, 1.165) is 41.0 Å². The second-order valence-electron chi connectivity index (χ2n) is 6.61. The van der Waals surface area contributed by atoms with Crippen LogP contribution in [0.25, 0.3) is 11.4 Å². The highest BCUT2D eigenvalue weighted by atomic mass is 16.2. The van der Waals surface area contributed by atoms with E-state index in [-0.39, 0.29) is 25.0 Å². The molecule has 8 heteroatoms. The van der Waals surface area contributed by atoms with E-state index in [1.54, 1.807) is 6.20 Å². The molecule has 2 aromatic rings. The van der Waals surface area contributed by atoms with Gasteiger partial charge in [-0.05, 0) is 19.3 Å². The largest absolute Gasteiger partial charge is 0.348 e. The number of nitrogens with one attached hydrogen (secondary N) is 2. The molecule has 2 aliphatic rings. The normalized spacial score (nSPS) is 18.8. The van der Waals surface area contributed by atoms with Crippen molar-refractivity contribution < 1.29 is 14.4 Å². The van der Waals surface area contributed by atoms with Crippen molar-refractivity contribution in [2.45, 2.75) is 25.3 Å². The topological polar surface area (TPSA) is 104 Å². The number of aryl methyl sites for hydroxylation is 1. The molecule has 1 aliphatic carbocycles. The van der Waals surface area contributed by atoms with Gasteiger partial charge in [0, 0.05) is 23.0 Å². The summed E-state index contributed by atoms with van der Waals surface area (Å²) in [7, 11) is 0. The minimum absolute atomic E-state index is 0.0610. The Labute approximate surface area is 156 Å². The highest BCUT2D eigenvalue weighted by molar-refractivity contribution is 6.04. The second-order valence-corrected chi connectivity index (χ2v) is 6.61. The predicted molar refractivity (Wildman–Crippen MR) is 96.4 cm³/mol. The van der Waals surface area contributed by atoms with E-state index in [1.165, 1.54) is 0 Å². The molecule has 1 saturated heterocycles. The average molecular weight is 365 g/mol. The molecule has 0 radical (unpaired) electrons. The van der Waals surface area contributed by atoms with Crippen molar-refractivity contribution in [2.75, 3.05) is 13.1 Å². The average Bonchev–Trinajstić information content (AvgIpc) is 3.00. The highest BCUT2D eigenvalue weighted by Gasteiger charge is 2.31. The Kier molecular flexibility index (Phi) is 4.53. The molecule has 0 spiro atoms. The third-order valence-electron chi connectivity index (χ3n) is 4.79. The molecule has 0 saturated carbocycles. The number of imide groups is 1. The number of rotatable bonds is 4. The van der Waals surface area contributed by atoms with Gasteiger partial charge in [-0.3, -0.25) is 14.5 Å². The maximum absolute atomic E-state index is 12.3. The Hall–Kier alpha value is -3.29. The van der Waals surface area contributed by atoms with Gasteiger partial charge in [0.05, 0.1) is 12.6 Å². The number of urea groups is 1. The molecule has 1 atom stereocenters. The van der Waals surface area contributed by atoms with Gasteiger partial charge in [-0.2, -0.15) is 0 Å². The second kappa shape index (κ2) is 7.14. The van der Waals surface area contributed by atoms with E-state index in [0.29, 0.717) is 5.82 Å². The summed E-state index contributed by atoms with van der Waals surface area (Å²) in [5, 5.41) is 5.31. The molecule has 0 unspecified atom stereocenters. The third-order valence-corrected chi connectivity index (χ3v) is 4.79. The zero-order valence-corrected chi connectivity index (χ0v) is 14.6. The van der Waals surface area contributed by atoms with E-state index in [4.69, 9.17) is 0 Å². The fourth-order valence-corrected chi connectivity index (χ4v) is 3.42. The van der Waals surface area contributed by atoms with Gasteiger partial charge in [-0.1, -0.05) is 30.3 Å². The number of fused-ring (bicyclic) bond motifs is 1. The predicted octanol–water partition coefficient (Wildman–Crippen LogP) is 1.19. The van der Waals surface area contributed by atoms with E-state index >= 15 is 0 Å². The maximum atomic E-state index is 12.3. The summed E-state index contributed by atoms with van der Waals surface area (Å²) in [4.78, 5) is 45.6. The minimum Gasteiger partial charge on any atom is -0.348 e. The lowest BCUT2D eigenvalue weighted by molar-refractivity contribution is -0.131. The molecule has 2 N–H and O–H groups in total. The molecule has 2 heterocycles. The van der Waals surface area contributed by atoms with E-state index in [1.807, 2.05) is 30.3 Å². The SMILES string of the molecule is O=C(CN1C(=O)CNC1=O)N[C@@H]1CCCc2nc(-c3ccccc3)ncc21. The summed E-state index contributed by atoms with van der Waals surface area (Å²) in [6.07, 6.45) is 4.26. The number of amides is 4. The van der Waals surface area contributed by atoms with E-state index < -0.39 is 11.9 Å². The van der Waals surface area contributed by atoms with Gasteiger partial charge in [0.15, 0.2) is 5.82 Å². The summed E-state index contributed by atoms with van der Waals surface area (Å²) in [6, 6.07) is 9.00. The van der Waals surface area contributed by atoms with Crippen molar-refractivity contribution >= 4 is 17.8 Å². The molecule has 1 aliphatic heterocycles. The first-order valence-corrected chi connectivity index (χ1v) is 8.90. The number of aromatic nitrogens is 2.